The first-order valence-corrected chi connectivity index (χ1v) is 17.0. The number of aliphatic hydroxyl groups is 1. The largest absolute Gasteiger partial charge is 0.481 e. The van der Waals surface area contributed by atoms with Crippen LogP contribution in [0, 0.1) is 5.92 Å². The molecule has 1 spiro atoms. The predicted molar refractivity (Wildman–Crippen MR) is 174 cm³/mol. The van der Waals surface area contributed by atoms with Gasteiger partial charge in [-0.2, -0.15) is 0 Å². The molecule has 8 N–H and O–H groups in total. The highest BCUT2D eigenvalue weighted by Gasteiger charge is 2.75. The molecule has 1 saturated heterocycles. The van der Waals surface area contributed by atoms with Gasteiger partial charge in [-0.1, -0.05) is 12.6 Å². The number of likely N-dealkylation sites (N-methyl/N-ethyl adjacent to an activating group) is 2. The maximum Gasteiger partial charge on any atom is 0.415 e. The highest BCUT2D eigenvalue weighted by molar-refractivity contribution is 5.86. The van der Waals surface area contributed by atoms with Crippen molar-refractivity contribution in [1.29, 1.82) is 0 Å². The Bertz CT molecular complexity index is 1490. The fraction of sp³-hybridized carbons (Fsp3) is 0.647. The van der Waals surface area contributed by atoms with E-state index in [1.165, 1.54) is 24.7 Å². The third kappa shape index (κ3) is 5.81. The van der Waals surface area contributed by atoms with E-state index in [0.717, 1.165) is 53.0 Å². The number of ether oxygens (including phenoxy) is 2. The second-order valence-electron chi connectivity index (χ2n) is 14.6. The number of carbonyl (C=O) groups excluding carboxylic acids is 3. The van der Waals surface area contributed by atoms with Crippen LogP contribution in [0.15, 0.2) is 24.3 Å². The predicted octanol–water partition coefficient (Wildman–Crippen LogP) is -0.863. The number of rotatable bonds is 12. The Morgan fingerprint density at radius 3 is 2.74 bits per heavy atom. The van der Waals surface area contributed by atoms with Crippen LogP contribution in [0.5, 0.6) is 11.5 Å². The van der Waals surface area contributed by atoms with Gasteiger partial charge in [0.05, 0.1) is 32.1 Å². The van der Waals surface area contributed by atoms with Gasteiger partial charge in [-0.25, -0.2) is 4.79 Å². The molecule has 47 heavy (non-hydrogen) atoms. The molecule has 6 rings (SSSR count). The standard InChI is InChI=1S/C34H49N7O6/c1-20-11-12-34(45)26-18-23-9-10-25(28-27(23)33(34,29(20)47-28)13-17-41(26,4)19-22-7-8-22)46-32(44)40(3)16-15-37-30(43)24(39-21(2)42)6-5-14-38-31(35)36/h9-10,22,24,26,29,45H,1,5-8,11-19H2,2-4H3,(H5-,35,36,37,38,39,42,43)/p+2/t24-,26+,29-,33-,34+,41?/m0/s1. The molecule has 5 aliphatic rings. The molecule has 13 nitrogen and oxygen atoms in total. The van der Waals surface area contributed by atoms with Gasteiger partial charge in [-0.15, -0.1) is 0 Å². The molecule has 0 radical (unpaired) electrons. The highest BCUT2D eigenvalue weighted by Crippen LogP contribution is 2.67. The molecule has 3 fully saturated rings. The smallest absolute Gasteiger partial charge is 0.415 e. The summed E-state index contributed by atoms with van der Waals surface area (Å²) in [5, 5.41) is 18.2. The second kappa shape index (κ2) is 12.3. The van der Waals surface area contributed by atoms with Crippen molar-refractivity contribution in [2.75, 3.05) is 46.8 Å². The quantitative estimate of drug-likeness (QED) is 0.0554. The number of benzene rings is 1. The summed E-state index contributed by atoms with van der Waals surface area (Å²) >= 11 is 0. The van der Waals surface area contributed by atoms with Crippen molar-refractivity contribution in [2.24, 2.45) is 17.4 Å². The van der Waals surface area contributed by atoms with Crippen LogP contribution in [0.1, 0.15) is 63.0 Å². The van der Waals surface area contributed by atoms with Crippen LogP contribution < -0.4 is 36.6 Å². The topological polar surface area (TPSA) is 183 Å². The molecule has 3 aliphatic carbocycles. The van der Waals surface area contributed by atoms with E-state index in [4.69, 9.17) is 20.9 Å². The molecule has 1 aromatic rings. The van der Waals surface area contributed by atoms with Crippen molar-refractivity contribution in [3.05, 3.63) is 35.4 Å². The molecule has 13 heteroatoms. The normalized spacial score (nSPS) is 30.3. The van der Waals surface area contributed by atoms with Gasteiger partial charge in [-0.3, -0.25) is 26.0 Å². The van der Waals surface area contributed by atoms with Crippen molar-refractivity contribution in [3.63, 3.8) is 0 Å². The molecule has 3 amide bonds. The van der Waals surface area contributed by atoms with Gasteiger partial charge in [0.25, 0.3) is 0 Å². The number of likely N-dealkylation sites (tertiary alicyclic amines) is 1. The van der Waals surface area contributed by atoms with Gasteiger partial charge in [0.1, 0.15) is 23.8 Å². The van der Waals surface area contributed by atoms with Crippen molar-refractivity contribution >= 4 is 23.9 Å². The molecule has 2 saturated carbocycles. The van der Waals surface area contributed by atoms with Crippen LogP contribution in [-0.2, 0) is 21.4 Å². The van der Waals surface area contributed by atoms with Crippen LogP contribution in [0.25, 0.3) is 0 Å². The monoisotopic (exact) mass is 653 g/mol. The molecule has 2 bridgehead atoms. The lowest BCUT2D eigenvalue weighted by atomic mass is 9.48. The van der Waals surface area contributed by atoms with Crippen molar-refractivity contribution < 1.29 is 38.4 Å². The van der Waals surface area contributed by atoms with Crippen molar-refractivity contribution in [3.8, 4) is 11.5 Å². The lowest BCUT2D eigenvalue weighted by Crippen LogP contribution is -2.80. The number of nitrogens with one attached hydrogen (secondary N) is 3. The van der Waals surface area contributed by atoms with E-state index in [0.29, 0.717) is 43.7 Å². The fourth-order valence-electron chi connectivity index (χ4n) is 8.92. The van der Waals surface area contributed by atoms with Crippen LogP contribution in [0.2, 0.25) is 0 Å². The Kier molecular flexibility index (Phi) is 8.67. The zero-order valence-corrected chi connectivity index (χ0v) is 27.9. The fourth-order valence-corrected chi connectivity index (χ4v) is 8.92. The summed E-state index contributed by atoms with van der Waals surface area (Å²) in [6.45, 7) is 8.62. The third-order valence-corrected chi connectivity index (χ3v) is 11.4. The number of nitrogens with two attached hydrogens (primary N) is 2. The summed E-state index contributed by atoms with van der Waals surface area (Å²) < 4.78 is 13.5. The second-order valence-corrected chi connectivity index (χ2v) is 14.6. The molecular weight excluding hydrogens is 602 g/mol. The molecule has 2 heterocycles. The van der Waals surface area contributed by atoms with E-state index in [9.17, 15) is 19.5 Å². The molecule has 1 aromatic carbocycles. The van der Waals surface area contributed by atoms with E-state index in [1.54, 1.807) is 7.05 Å². The first-order valence-electron chi connectivity index (χ1n) is 17.0. The van der Waals surface area contributed by atoms with E-state index < -0.39 is 23.2 Å². The van der Waals surface area contributed by atoms with Gasteiger partial charge >= 0.3 is 12.1 Å². The van der Waals surface area contributed by atoms with E-state index in [1.807, 2.05) is 12.1 Å². The van der Waals surface area contributed by atoms with Gasteiger partial charge in [-0.05, 0) is 55.7 Å². The summed E-state index contributed by atoms with van der Waals surface area (Å²) in [5.74, 6) is 1.04. The van der Waals surface area contributed by atoms with Gasteiger partial charge < -0.3 is 34.6 Å². The van der Waals surface area contributed by atoms with Crippen LogP contribution >= 0.6 is 0 Å². The Hall–Kier alpha value is -3.84. The average molecular weight is 654 g/mol. The maximum atomic E-state index is 13.3. The minimum absolute atomic E-state index is 0.0781. The van der Waals surface area contributed by atoms with Gasteiger partial charge in [0, 0.05) is 51.4 Å². The summed E-state index contributed by atoms with van der Waals surface area (Å²) in [6, 6.07) is 3.20. The number of hydrogen-bond donors (Lipinski definition) is 6. The third-order valence-electron chi connectivity index (χ3n) is 11.4. The summed E-state index contributed by atoms with van der Waals surface area (Å²) in [5.41, 5.74) is 12.4. The Morgan fingerprint density at radius 2 is 2.04 bits per heavy atom. The molecule has 2 aliphatic heterocycles. The Balaban J connectivity index is 1.14. The number of hydrogen-bond acceptors (Lipinski definition) is 6. The minimum atomic E-state index is -0.932. The van der Waals surface area contributed by atoms with E-state index >= 15 is 0 Å². The number of carbonyl (C=O) groups is 3. The Labute approximate surface area is 276 Å². The number of piperidine rings is 1. The number of amides is 3. The molecule has 6 atom stereocenters. The molecule has 1 unspecified atom stereocenters. The SMILES string of the molecule is C=C1CC[C@@]2(O)[C@H]3Cc4ccc(OC(=O)N(C)CCNC(=O)[C@H](CCC[NH+]=C(N)N)NC(C)=O)c5c4[C@@]2(CC[N+]3(C)CC2CC2)[C@H]1O5. The molecule has 0 aromatic heterocycles. The zero-order valence-electron chi connectivity index (χ0n) is 27.9. The summed E-state index contributed by atoms with van der Waals surface area (Å²) in [4.78, 5) is 41.9. The van der Waals surface area contributed by atoms with Crippen LogP contribution in [-0.4, -0.2) is 109 Å². The van der Waals surface area contributed by atoms with Gasteiger partial charge in [0.15, 0.2) is 11.5 Å². The van der Waals surface area contributed by atoms with Crippen LogP contribution in [0.4, 0.5) is 4.79 Å². The van der Waals surface area contributed by atoms with Gasteiger partial charge in [0.2, 0.25) is 11.8 Å². The lowest BCUT2D eigenvalue weighted by molar-refractivity contribution is -0.950. The average Bonchev–Trinajstić information content (AvgIpc) is 3.74. The number of quaternary nitrogens is 1. The number of guanidine groups is 1. The molecular formula is C34H51N7O6+2. The zero-order chi connectivity index (χ0) is 33.7. The van der Waals surface area contributed by atoms with E-state index in [-0.39, 0.29) is 43.0 Å². The summed E-state index contributed by atoms with van der Waals surface area (Å²) in [7, 11) is 3.93. The highest BCUT2D eigenvalue weighted by atomic mass is 16.6. The van der Waals surface area contributed by atoms with E-state index in [2.05, 4.69) is 29.3 Å². The maximum absolute atomic E-state index is 13.3. The van der Waals surface area contributed by atoms with Crippen molar-refractivity contribution in [1.82, 2.24) is 15.5 Å². The first kappa shape index (κ1) is 33.1. The van der Waals surface area contributed by atoms with Crippen molar-refractivity contribution in [2.45, 2.75) is 87.5 Å². The lowest BCUT2D eigenvalue weighted by Gasteiger charge is -2.65. The van der Waals surface area contributed by atoms with Crippen LogP contribution in [0.3, 0.4) is 0 Å². The Morgan fingerprint density at radius 1 is 1.28 bits per heavy atom. The minimum Gasteiger partial charge on any atom is -0.481 e. The first-order chi connectivity index (χ1) is 22.3. The summed E-state index contributed by atoms with van der Waals surface area (Å²) in [6.07, 6.45) is 5.46. The molecule has 256 valence electrons. The number of nitrogens with zero attached hydrogens (tertiary/aromatic N) is 2.